The van der Waals surface area contributed by atoms with Crippen molar-refractivity contribution in [2.24, 2.45) is 5.10 Å². The molecule has 0 aliphatic carbocycles. The fourth-order valence-corrected chi connectivity index (χ4v) is 2.94. The molecule has 1 heterocycles. The van der Waals surface area contributed by atoms with Crippen LogP contribution in [0, 0.1) is 0 Å². The van der Waals surface area contributed by atoms with Crippen molar-refractivity contribution >= 4 is 28.1 Å². The van der Waals surface area contributed by atoms with Gasteiger partial charge in [-0.15, -0.1) is 5.10 Å². The van der Waals surface area contributed by atoms with E-state index in [1.165, 1.54) is 0 Å². The fraction of sp³-hybridized carbons (Fsp3) is 0. The molecule has 3 aromatic carbocycles. The van der Waals surface area contributed by atoms with Gasteiger partial charge in [0, 0.05) is 15.6 Å². The monoisotopic (exact) mass is 445 g/mol. The van der Waals surface area contributed by atoms with E-state index in [0.29, 0.717) is 5.56 Å². The summed E-state index contributed by atoms with van der Waals surface area (Å²) in [5.74, 6) is -0.284. The molecule has 0 atom stereocenters. The number of halogens is 1. The zero-order valence-corrected chi connectivity index (χ0v) is 16.8. The van der Waals surface area contributed by atoms with Gasteiger partial charge in [0.15, 0.2) is 0 Å². The maximum Gasteiger partial charge on any atom is 0.271 e. The number of aromatic nitrogens is 3. The van der Waals surface area contributed by atoms with Crippen LogP contribution in [-0.4, -0.2) is 27.1 Å². The molecule has 1 aromatic heterocycles. The first kappa shape index (κ1) is 18.8. The number of nitrogens with one attached hydrogen (secondary N) is 1. The molecule has 1 N–H and O–H groups in total. The number of hydrazone groups is 1. The van der Waals surface area contributed by atoms with E-state index >= 15 is 0 Å². The van der Waals surface area contributed by atoms with Crippen LogP contribution in [0.25, 0.3) is 16.9 Å². The van der Waals surface area contributed by atoms with Crippen molar-refractivity contribution in [2.75, 3.05) is 0 Å². The SMILES string of the molecule is O=C(N/N=C/c1ccc(Br)cc1)c1ccc(-n2cc(-c3ccccc3)nn2)cc1. The zero-order valence-electron chi connectivity index (χ0n) is 15.2. The normalized spacial score (nSPS) is 10.9. The van der Waals surface area contributed by atoms with Crippen molar-refractivity contribution in [2.45, 2.75) is 0 Å². The highest BCUT2D eigenvalue weighted by Gasteiger charge is 2.07. The van der Waals surface area contributed by atoms with Crippen molar-refractivity contribution < 1.29 is 4.79 Å². The van der Waals surface area contributed by atoms with Gasteiger partial charge in [-0.2, -0.15) is 5.10 Å². The van der Waals surface area contributed by atoms with Crippen molar-refractivity contribution in [3.8, 4) is 16.9 Å². The molecule has 0 aliphatic heterocycles. The Morgan fingerprint density at radius 1 is 0.966 bits per heavy atom. The van der Waals surface area contributed by atoms with Crippen LogP contribution in [0.15, 0.2) is 94.6 Å². The Kier molecular flexibility index (Phi) is 5.58. The lowest BCUT2D eigenvalue weighted by Crippen LogP contribution is -2.17. The number of amides is 1. The largest absolute Gasteiger partial charge is 0.271 e. The molecular weight excluding hydrogens is 430 g/mol. The maximum atomic E-state index is 12.3. The lowest BCUT2D eigenvalue weighted by molar-refractivity contribution is 0.0955. The molecule has 0 aliphatic rings. The lowest BCUT2D eigenvalue weighted by atomic mass is 10.2. The third-order valence-electron chi connectivity index (χ3n) is 4.21. The first-order chi connectivity index (χ1) is 14.2. The predicted octanol–water partition coefficient (Wildman–Crippen LogP) is 4.46. The van der Waals surface area contributed by atoms with Crippen LogP contribution < -0.4 is 5.43 Å². The Labute approximate surface area is 176 Å². The van der Waals surface area contributed by atoms with Crippen LogP contribution in [0.3, 0.4) is 0 Å². The number of nitrogens with zero attached hydrogens (tertiary/aromatic N) is 4. The smallest absolute Gasteiger partial charge is 0.267 e. The van der Waals surface area contributed by atoms with E-state index in [1.807, 2.05) is 72.9 Å². The molecule has 6 nitrogen and oxygen atoms in total. The van der Waals surface area contributed by atoms with Gasteiger partial charge < -0.3 is 0 Å². The number of hydrogen-bond acceptors (Lipinski definition) is 4. The second kappa shape index (κ2) is 8.62. The zero-order chi connectivity index (χ0) is 20.1. The van der Waals surface area contributed by atoms with Gasteiger partial charge in [-0.25, -0.2) is 10.1 Å². The molecule has 0 saturated heterocycles. The summed E-state index contributed by atoms with van der Waals surface area (Å²) in [6, 6.07) is 24.5. The highest BCUT2D eigenvalue weighted by molar-refractivity contribution is 9.10. The van der Waals surface area contributed by atoms with Crippen LogP contribution in [-0.2, 0) is 0 Å². The third kappa shape index (κ3) is 4.64. The Morgan fingerprint density at radius 2 is 1.69 bits per heavy atom. The summed E-state index contributed by atoms with van der Waals surface area (Å²) < 4.78 is 2.66. The summed E-state index contributed by atoms with van der Waals surface area (Å²) in [4.78, 5) is 12.3. The van der Waals surface area contributed by atoms with Gasteiger partial charge in [0.25, 0.3) is 5.91 Å². The summed E-state index contributed by atoms with van der Waals surface area (Å²) in [7, 11) is 0. The second-order valence-electron chi connectivity index (χ2n) is 6.21. The maximum absolute atomic E-state index is 12.3. The molecule has 4 aromatic rings. The summed E-state index contributed by atoms with van der Waals surface area (Å²) in [6.07, 6.45) is 3.45. The van der Waals surface area contributed by atoms with Gasteiger partial charge in [-0.1, -0.05) is 63.6 Å². The molecule has 1 amide bonds. The van der Waals surface area contributed by atoms with Crippen molar-refractivity contribution in [3.63, 3.8) is 0 Å². The fourth-order valence-electron chi connectivity index (χ4n) is 2.68. The van der Waals surface area contributed by atoms with E-state index in [1.54, 1.807) is 23.0 Å². The van der Waals surface area contributed by atoms with E-state index in [0.717, 1.165) is 27.0 Å². The quantitative estimate of drug-likeness (QED) is 0.364. The molecule has 0 radical (unpaired) electrons. The standard InChI is InChI=1S/C22H16BrN5O/c23-19-10-6-16(7-11-19)14-24-26-22(29)18-8-12-20(13-9-18)28-15-21(25-27-28)17-4-2-1-3-5-17/h1-15H,(H,26,29)/b24-14+. The highest BCUT2D eigenvalue weighted by atomic mass is 79.9. The number of carbonyl (C=O) groups is 1. The first-order valence-corrected chi connectivity index (χ1v) is 9.65. The van der Waals surface area contributed by atoms with Gasteiger partial charge in [-0.3, -0.25) is 4.79 Å². The highest BCUT2D eigenvalue weighted by Crippen LogP contribution is 2.17. The number of carbonyl (C=O) groups excluding carboxylic acids is 1. The number of rotatable bonds is 5. The minimum Gasteiger partial charge on any atom is -0.267 e. The van der Waals surface area contributed by atoms with Gasteiger partial charge in [0.1, 0.15) is 5.69 Å². The van der Waals surface area contributed by atoms with Crippen LogP contribution in [0.4, 0.5) is 0 Å². The molecule has 0 spiro atoms. The predicted molar refractivity (Wildman–Crippen MR) is 116 cm³/mol. The number of hydrogen-bond donors (Lipinski definition) is 1. The molecule has 0 fully saturated rings. The van der Waals surface area contributed by atoms with Crippen molar-refractivity contribution in [3.05, 3.63) is 101 Å². The molecule has 29 heavy (non-hydrogen) atoms. The molecule has 0 bridgehead atoms. The molecular formula is C22H16BrN5O. The van der Waals surface area contributed by atoms with E-state index in [9.17, 15) is 4.79 Å². The molecule has 0 unspecified atom stereocenters. The molecule has 0 saturated carbocycles. The van der Waals surface area contributed by atoms with Crippen LogP contribution in [0.5, 0.6) is 0 Å². The summed E-state index contributed by atoms with van der Waals surface area (Å²) in [5.41, 5.74) is 6.53. The molecule has 7 heteroatoms. The topological polar surface area (TPSA) is 72.2 Å². The lowest BCUT2D eigenvalue weighted by Gasteiger charge is -2.03. The van der Waals surface area contributed by atoms with Crippen LogP contribution in [0.1, 0.15) is 15.9 Å². The Balaban J connectivity index is 1.42. The van der Waals surface area contributed by atoms with Gasteiger partial charge >= 0.3 is 0 Å². The summed E-state index contributed by atoms with van der Waals surface area (Å²) in [6.45, 7) is 0. The third-order valence-corrected chi connectivity index (χ3v) is 4.74. The van der Waals surface area contributed by atoms with Gasteiger partial charge in [0.05, 0.1) is 18.1 Å². The van der Waals surface area contributed by atoms with E-state index in [4.69, 9.17) is 0 Å². The first-order valence-electron chi connectivity index (χ1n) is 8.86. The molecule has 4 rings (SSSR count). The average molecular weight is 446 g/mol. The number of benzene rings is 3. The summed E-state index contributed by atoms with van der Waals surface area (Å²) in [5, 5.41) is 12.4. The minimum atomic E-state index is -0.284. The summed E-state index contributed by atoms with van der Waals surface area (Å²) >= 11 is 3.38. The van der Waals surface area contributed by atoms with Crippen LogP contribution in [0.2, 0.25) is 0 Å². The van der Waals surface area contributed by atoms with Gasteiger partial charge in [0.2, 0.25) is 0 Å². The van der Waals surface area contributed by atoms with Crippen molar-refractivity contribution in [1.82, 2.24) is 20.4 Å². The minimum absolute atomic E-state index is 0.284. The average Bonchev–Trinajstić information content (AvgIpc) is 3.26. The Bertz CT molecular complexity index is 1140. The van der Waals surface area contributed by atoms with Crippen molar-refractivity contribution in [1.29, 1.82) is 0 Å². The Morgan fingerprint density at radius 3 is 2.41 bits per heavy atom. The van der Waals surface area contributed by atoms with E-state index in [2.05, 4.69) is 36.8 Å². The second-order valence-corrected chi connectivity index (χ2v) is 7.13. The van der Waals surface area contributed by atoms with Crippen LogP contribution >= 0.6 is 15.9 Å². The van der Waals surface area contributed by atoms with E-state index in [-0.39, 0.29) is 5.91 Å². The Hall–Kier alpha value is -3.58. The molecule has 142 valence electrons. The van der Waals surface area contributed by atoms with Gasteiger partial charge in [-0.05, 0) is 42.0 Å². The van der Waals surface area contributed by atoms with E-state index < -0.39 is 0 Å².